The second-order valence-electron chi connectivity index (χ2n) is 5.84. The Morgan fingerprint density at radius 3 is 2.48 bits per heavy atom. The van der Waals surface area contributed by atoms with Crippen molar-refractivity contribution in [3.63, 3.8) is 0 Å². The number of ketones is 1. The number of hydrogen-bond donors (Lipinski definition) is 0. The second-order valence-corrected chi connectivity index (χ2v) is 6.75. The summed E-state index contributed by atoms with van der Waals surface area (Å²) < 4.78 is 38.7. The van der Waals surface area contributed by atoms with Crippen LogP contribution in [0.5, 0.6) is 0 Å². The molecular weight excluding hydrogens is 399 g/mol. The van der Waals surface area contributed by atoms with E-state index in [1.165, 1.54) is 24.5 Å². The quantitative estimate of drug-likeness (QED) is 0.355. The molecule has 0 aliphatic rings. The van der Waals surface area contributed by atoms with E-state index in [2.05, 4.69) is 15.9 Å². The first-order valence-electron chi connectivity index (χ1n) is 7.79. The molecule has 3 nitrogen and oxygen atoms in total. The number of benzene rings is 1. The van der Waals surface area contributed by atoms with Gasteiger partial charge < -0.3 is 5.21 Å². The zero-order valence-electron chi connectivity index (χ0n) is 13.3. The van der Waals surface area contributed by atoms with Gasteiger partial charge in [-0.3, -0.25) is 4.79 Å². The van der Waals surface area contributed by atoms with E-state index in [1.54, 1.807) is 24.3 Å². The fraction of sp³-hybridized carbons (Fsp3) is 0.333. The molecule has 1 heterocycles. The molecule has 1 aromatic heterocycles. The molecule has 0 aliphatic carbocycles. The van der Waals surface area contributed by atoms with Crippen molar-refractivity contribution in [2.24, 2.45) is 0 Å². The lowest BCUT2D eigenvalue weighted by Crippen LogP contribution is -2.26. The van der Waals surface area contributed by atoms with Crippen LogP contribution in [-0.4, -0.2) is 12.0 Å². The molecule has 0 bridgehead atoms. The summed E-state index contributed by atoms with van der Waals surface area (Å²) >= 11 is 3.32. The van der Waals surface area contributed by atoms with Crippen LogP contribution in [0.25, 0.3) is 0 Å². The van der Waals surface area contributed by atoms with Crippen molar-refractivity contribution in [1.82, 2.24) is 0 Å². The summed E-state index contributed by atoms with van der Waals surface area (Å²) in [4.78, 5) is 12.4. The molecule has 1 aromatic carbocycles. The minimum atomic E-state index is -4.21. The highest BCUT2D eigenvalue weighted by Gasteiger charge is 2.27. The van der Waals surface area contributed by atoms with Crippen LogP contribution in [0.3, 0.4) is 0 Å². The van der Waals surface area contributed by atoms with E-state index >= 15 is 0 Å². The van der Waals surface area contributed by atoms with Crippen LogP contribution >= 0.6 is 15.9 Å². The summed E-state index contributed by atoms with van der Waals surface area (Å²) in [5, 5.41) is 11.3. The number of hydrogen-bond acceptors (Lipinski definition) is 2. The molecule has 2 rings (SSSR count). The zero-order valence-corrected chi connectivity index (χ0v) is 14.9. The van der Waals surface area contributed by atoms with E-state index in [1.807, 2.05) is 0 Å². The normalized spacial score (nSPS) is 12.8. The van der Waals surface area contributed by atoms with Crippen LogP contribution < -0.4 is 4.73 Å². The lowest BCUT2D eigenvalue weighted by atomic mass is 9.88. The highest BCUT2D eigenvalue weighted by atomic mass is 79.9. The van der Waals surface area contributed by atoms with Crippen molar-refractivity contribution in [2.45, 2.75) is 37.8 Å². The molecule has 0 radical (unpaired) electrons. The minimum Gasteiger partial charge on any atom is -0.619 e. The molecule has 0 saturated heterocycles. The number of halogens is 4. The Labute approximate surface area is 152 Å². The molecular formula is C18H17BrF3NO2. The van der Waals surface area contributed by atoms with Gasteiger partial charge in [0.1, 0.15) is 0 Å². The van der Waals surface area contributed by atoms with Crippen molar-refractivity contribution in [2.75, 3.05) is 0 Å². The van der Waals surface area contributed by atoms with Crippen LogP contribution in [0.1, 0.15) is 47.5 Å². The summed E-state index contributed by atoms with van der Waals surface area (Å²) in [6, 6.07) is 10.2. The van der Waals surface area contributed by atoms with Crippen molar-refractivity contribution < 1.29 is 22.7 Å². The fourth-order valence-corrected chi connectivity index (χ4v) is 2.90. The average Bonchev–Trinajstić information content (AvgIpc) is 2.53. The first-order chi connectivity index (χ1) is 11.7. The fourth-order valence-electron chi connectivity index (χ4n) is 2.63. The molecule has 1 atom stereocenters. The van der Waals surface area contributed by atoms with Gasteiger partial charge in [0.05, 0.1) is 5.56 Å². The second kappa shape index (κ2) is 8.47. The molecule has 2 aromatic rings. The van der Waals surface area contributed by atoms with E-state index in [4.69, 9.17) is 0 Å². The van der Waals surface area contributed by atoms with Crippen molar-refractivity contribution in [1.29, 1.82) is 0 Å². The molecule has 0 fully saturated rings. The van der Waals surface area contributed by atoms with Crippen molar-refractivity contribution >= 4 is 21.7 Å². The maximum atomic E-state index is 12.4. The number of carbonyl (C=O) groups is 1. The maximum absolute atomic E-state index is 12.4. The van der Waals surface area contributed by atoms with Crippen molar-refractivity contribution in [3.8, 4) is 0 Å². The minimum absolute atomic E-state index is 0.0478. The third-order valence-corrected chi connectivity index (χ3v) is 4.41. The average molecular weight is 416 g/mol. The third kappa shape index (κ3) is 6.49. The van der Waals surface area contributed by atoms with Gasteiger partial charge in [0.2, 0.25) is 0 Å². The van der Waals surface area contributed by atoms with Gasteiger partial charge in [-0.05, 0) is 42.5 Å². The molecule has 0 aliphatic heterocycles. The first-order valence-corrected chi connectivity index (χ1v) is 8.58. The number of aromatic nitrogens is 1. The summed E-state index contributed by atoms with van der Waals surface area (Å²) in [6.45, 7) is 0. The molecule has 0 amide bonds. The van der Waals surface area contributed by atoms with Gasteiger partial charge >= 0.3 is 6.18 Å². The first kappa shape index (κ1) is 19.4. The summed E-state index contributed by atoms with van der Waals surface area (Å²) in [5.41, 5.74) is 1.07. The smallest absolute Gasteiger partial charge is 0.389 e. The third-order valence-electron chi connectivity index (χ3n) is 3.88. The standard InChI is InChI=1S/C18H17BrF3NO2/c19-16-7-5-13(6-8-16)14(3-1-9-18(20,21)22)11-17(24)15-4-2-10-23(25)12-15/h2,4-8,10,12,14H,1,3,9,11H2. The van der Waals surface area contributed by atoms with Crippen LogP contribution in [0.2, 0.25) is 0 Å². The Hall–Kier alpha value is -1.89. The molecule has 7 heteroatoms. The van der Waals surface area contributed by atoms with Gasteiger partial charge in [0.25, 0.3) is 0 Å². The SMILES string of the molecule is O=C(CC(CCCC(F)(F)F)c1ccc(Br)cc1)c1ccc[n+]([O-])c1. The summed E-state index contributed by atoms with van der Waals surface area (Å²) in [5.74, 6) is -0.589. The highest BCUT2D eigenvalue weighted by Crippen LogP contribution is 2.31. The molecule has 0 spiro atoms. The van der Waals surface area contributed by atoms with Crippen LogP contribution in [0.15, 0.2) is 53.3 Å². The van der Waals surface area contributed by atoms with Crippen molar-refractivity contribution in [3.05, 3.63) is 69.6 Å². The topological polar surface area (TPSA) is 44.0 Å². The van der Waals surface area contributed by atoms with Crippen LogP contribution in [-0.2, 0) is 0 Å². The zero-order chi connectivity index (χ0) is 18.4. The Morgan fingerprint density at radius 1 is 1.20 bits per heavy atom. The predicted molar refractivity (Wildman–Crippen MR) is 91.1 cm³/mol. The Kier molecular flexibility index (Phi) is 6.58. The highest BCUT2D eigenvalue weighted by molar-refractivity contribution is 9.10. The lowest BCUT2D eigenvalue weighted by molar-refractivity contribution is -0.605. The molecule has 0 saturated carbocycles. The van der Waals surface area contributed by atoms with Gasteiger partial charge in [-0.2, -0.15) is 17.9 Å². The number of rotatable bonds is 7. The maximum Gasteiger partial charge on any atom is 0.389 e. The Morgan fingerprint density at radius 2 is 1.88 bits per heavy atom. The van der Waals surface area contributed by atoms with Gasteiger partial charge in [-0.15, -0.1) is 0 Å². The van der Waals surface area contributed by atoms with E-state index in [9.17, 15) is 23.2 Å². The molecule has 134 valence electrons. The molecule has 25 heavy (non-hydrogen) atoms. The van der Waals surface area contributed by atoms with Crippen LogP contribution in [0.4, 0.5) is 13.2 Å². The van der Waals surface area contributed by atoms with Gasteiger partial charge in [0.15, 0.2) is 18.2 Å². The number of pyridine rings is 1. The van der Waals surface area contributed by atoms with E-state index in [0.717, 1.165) is 10.0 Å². The molecule has 0 N–H and O–H groups in total. The van der Waals surface area contributed by atoms with Gasteiger partial charge in [0, 0.05) is 23.4 Å². The largest absolute Gasteiger partial charge is 0.619 e. The Bertz CT molecular complexity index is 717. The number of carbonyl (C=O) groups excluding carboxylic acids is 1. The monoisotopic (exact) mass is 415 g/mol. The summed E-state index contributed by atoms with van der Waals surface area (Å²) in [6.07, 6.45) is -2.38. The van der Waals surface area contributed by atoms with Crippen LogP contribution in [0, 0.1) is 5.21 Å². The predicted octanol–water partition coefficient (Wildman–Crippen LogP) is 5.17. The number of alkyl halides is 3. The van der Waals surface area contributed by atoms with Gasteiger partial charge in [-0.1, -0.05) is 28.1 Å². The van der Waals surface area contributed by atoms with E-state index in [0.29, 0.717) is 4.73 Å². The lowest BCUT2D eigenvalue weighted by Gasteiger charge is -2.17. The van der Waals surface area contributed by atoms with E-state index < -0.39 is 12.6 Å². The van der Waals surface area contributed by atoms with Gasteiger partial charge in [-0.25, -0.2) is 0 Å². The Balaban J connectivity index is 2.13. The van der Waals surface area contributed by atoms with E-state index in [-0.39, 0.29) is 36.5 Å². The number of nitrogens with zero attached hydrogens (tertiary/aromatic N) is 1. The molecule has 1 unspecified atom stereocenters. The summed E-state index contributed by atoms with van der Waals surface area (Å²) in [7, 11) is 0. The number of Topliss-reactive ketones (excluding diaryl/α,β-unsaturated/α-hetero) is 1.